The highest BCUT2D eigenvalue weighted by atomic mass is 32.3. The molecule has 86 valence electrons. The molecule has 0 fully saturated rings. The third-order valence-electron chi connectivity index (χ3n) is 1.72. The molecular weight excluding hydrogens is 240 g/mol. The quantitative estimate of drug-likeness (QED) is 0.682. The van der Waals surface area contributed by atoms with Gasteiger partial charge in [-0.05, 0) is 6.08 Å². The maximum atomic E-state index is 11.3. The van der Waals surface area contributed by atoms with Crippen molar-refractivity contribution in [3.63, 3.8) is 0 Å². The Morgan fingerprint density at radius 1 is 1.20 bits per heavy atom. The lowest BCUT2D eigenvalue weighted by Crippen LogP contribution is -2.42. The van der Waals surface area contributed by atoms with Gasteiger partial charge in [-0.3, -0.25) is 4.99 Å². The molecule has 0 saturated heterocycles. The standard InChI is InChI=1S/C7H12N2O4S2/c1-14(10,11)9(15(2,12)13)7-5-3-4-6-8-7/h3-4,6-7H,5H2,1-2H3. The summed E-state index contributed by atoms with van der Waals surface area (Å²) in [5, 5.41) is 0. The molecule has 1 heterocycles. The second-order valence-corrected chi connectivity index (χ2v) is 7.14. The number of allylic oxidation sites excluding steroid dienone is 1. The molecule has 0 bridgehead atoms. The molecule has 1 aliphatic rings. The van der Waals surface area contributed by atoms with Crippen molar-refractivity contribution in [3.05, 3.63) is 12.2 Å². The van der Waals surface area contributed by atoms with E-state index in [1.165, 1.54) is 6.21 Å². The molecule has 1 unspecified atom stereocenters. The first kappa shape index (κ1) is 12.3. The van der Waals surface area contributed by atoms with Crippen LogP contribution >= 0.6 is 0 Å². The zero-order valence-corrected chi connectivity index (χ0v) is 9.99. The lowest BCUT2D eigenvalue weighted by atomic mass is 10.3. The molecule has 0 saturated carbocycles. The van der Waals surface area contributed by atoms with E-state index in [1.807, 2.05) is 0 Å². The van der Waals surface area contributed by atoms with Crippen LogP contribution in [0.5, 0.6) is 0 Å². The molecule has 0 amide bonds. The minimum Gasteiger partial charge on any atom is -0.272 e. The van der Waals surface area contributed by atoms with E-state index in [0.717, 1.165) is 12.5 Å². The molecule has 1 aliphatic heterocycles. The number of sulfonamides is 2. The van der Waals surface area contributed by atoms with Crippen molar-refractivity contribution in [1.29, 1.82) is 0 Å². The van der Waals surface area contributed by atoms with Crippen molar-refractivity contribution in [2.45, 2.75) is 12.6 Å². The largest absolute Gasteiger partial charge is 0.272 e. The van der Waals surface area contributed by atoms with Gasteiger partial charge in [-0.25, -0.2) is 16.8 Å². The number of dihydropyridines is 1. The van der Waals surface area contributed by atoms with E-state index in [4.69, 9.17) is 0 Å². The molecule has 15 heavy (non-hydrogen) atoms. The molecule has 0 aromatic heterocycles. The summed E-state index contributed by atoms with van der Waals surface area (Å²) < 4.78 is 45.7. The highest BCUT2D eigenvalue weighted by molar-refractivity contribution is 8.03. The van der Waals surface area contributed by atoms with Gasteiger partial charge in [0.1, 0.15) is 6.17 Å². The van der Waals surface area contributed by atoms with E-state index in [2.05, 4.69) is 4.99 Å². The van der Waals surface area contributed by atoms with E-state index < -0.39 is 26.2 Å². The van der Waals surface area contributed by atoms with E-state index in [9.17, 15) is 16.8 Å². The van der Waals surface area contributed by atoms with Crippen LogP contribution in [-0.2, 0) is 20.0 Å². The van der Waals surface area contributed by atoms with Gasteiger partial charge < -0.3 is 0 Å². The maximum absolute atomic E-state index is 11.3. The molecule has 0 N–H and O–H groups in total. The van der Waals surface area contributed by atoms with Crippen LogP contribution < -0.4 is 0 Å². The summed E-state index contributed by atoms with van der Waals surface area (Å²) in [5.41, 5.74) is 0. The van der Waals surface area contributed by atoms with Gasteiger partial charge in [-0.2, -0.15) is 0 Å². The average molecular weight is 252 g/mol. The van der Waals surface area contributed by atoms with Crippen molar-refractivity contribution in [2.75, 3.05) is 12.5 Å². The minimum atomic E-state index is -3.82. The Balaban J connectivity index is 3.15. The van der Waals surface area contributed by atoms with Gasteiger partial charge >= 0.3 is 0 Å². The Hall–Kier alpha value is -0.730. The Morgan fingerprint density at radius 2 is 1.73 bits per heavy atom. The lowest BCUT2D eigenvalue weighted by molar-refractivity contribution is 0.436. The van der Waals surface area contributed by atoms with Gasteiger partial charge in [0, 0.05) is 12.6 Å². The molecular formula is C7H12N2O4S2. The van der Waals surface area contributed by atoms with Crippen molar-refractivity contribution in [3.8, 4) is 0 Å². The van der Waals surface area contributed by atoms with E-state index in [0.29, 0.717) is 3.71 Å². The predicted octanol–water partition coefficient (Wildman–Crippen LogP) is -0.436. The van der Waals surface area contributed by atoms with Gasteiger partial charge in [0.15, 0.2) is 0 Å². The topological polar surface area (TPSA) is 83.9 Å². The Labute approximate surface area is 89.4 Å². The number of rotatable bonds is 3. The van der Waals surface area contributed by atoms with E-state index in [1.54, 1.807) is 12.2 Å². The molecule has 0 aliphatic carbocycles. The summed E-state index contributed by atoms with van der Waals surface area (Å²) >= 11 is 0. The highest BCUT2D eigenvalue weighted by Gasteiger charge is 2.34. The van der Waals surface area contributed by atoms with Crippen LogP contribution in [0.4, 0.5) is 0 Å². The number of nitrogens with zero attached hydrogens (tertiary/aromatic N) is 2. The highest BCUT2D eigenvalue weighted by Crippen LogP contribution is 2.17. The van der Waals surface area contributed by atoms with Crippen LogP contribution in [0, 0.1) is 0 Å². The van der Waals surface area contributed by atoms with Crippen molar-refractivity contribution < 1.29 is 16.8 Å². The Kier molecular flexibility index (Phi) is 3.31. The van der Waals surface area contributed by atoms with Crippen molar-refractivity contribution in [2.24, 2.45) is 4.99 Å². The normalized spacial score (nSPS) is 22.2. The van der Waals surface area contributed by atoms with Gasteiger partial charge in [-0.1, -0.05) is 9.79 Å². The fourth-order valence-corrected chi connectivity index (χ4v) is 4.43. The number of hydrogen-bond donors (Lipinski definition) is 0. The molecule has 8 heteroatoms. The minimum absolute atomic E-state index is 0.261. The van der Waals surface area contributed by atoms with Gasteiger partial charge in [0.25, 0.3) is 0 Å². The second-order valence-electron chi connectivity index (χ2n) is 3.19. The third-order valence-corrected chi connectivity index (χ3v) is 5.14. The van der Waals surface area contributed by atoms with Crippen LogP contribution in [0.2, 0.25) is 0 Å². The fourth-order valence-electron chi connectivity index (χ4n) is 1.30. The SMILES string of the molecule is CS(=O)(=O)N(C1CC=CC=N1)S(C)(=O)=O. The van der Waals surface area contributed by atoms with Gasteiger partial charge in [0.2, 0.25) is 20.0 Å². The summed E-state index contributed by atoms with van der Waals surface area (Å²) in [4.78, 5) is 3.82. The van der Waals surface area contributed by atoms with Crippen molar-refractivity contribution in [1.82, 2.24) is 3.71 Å². The second kappa shape index (κ2) is 4.03. The molecule has 0 radical (unpaired) electrons. The number of hydrogen-bond acceptors (Lipinski definition) is 5. The summed E-state index contributed by atoms with van der Waals surface area (Å²) in [7, 11) is -7.65. The lowest BCUT2D eigenvalue weighted by Gasteiger charge is -2.24. The summed E-state index contributed by atoms with van der Waals surface area (Å²) in [5.74, 6) is 0. The molecule has 1 atom stereocenters. The van der Waals surface area contributed by atoms with Crippen LogP contribution in [0.15, 0.2) is 17.1 Å². The summed E-state index contributed by atoms with van der Waals surface area (Å²) in [6.45, 7) is 0. The van der Waals surface area contributed by atoms with Crippen LogP contribution in [-0.4, -0.2) is 45.4 Å². The van der Waals surface area contributed by atoms with E-state index in [-0.39, 0.29) is 6.42 Å². The average Bonchev–Trinajstić information content (AvgIpc) is 2.00. The molecule has 0 spiro atoms. The summed E-state index contributed by atoms with van der Waals surface area (Å²) in [6, 6.07) is 0. The van der Waals surface area contributed by atoms with Crippen LogP contribution in [0.3, 0.4) is 0 Å². The summed E-state index contributed by atoms with van der Waals surface area (Å²) in [6.07, 6.45) is 5.76. The smallest absolute Gasteiger partial charge is 0.226 e. The molecule has 6 nitrogen and oxygen atoms in total. The number of aliphatic imine (C=N–C) groups is 1. The van der Waals surface area contributed by atoms with Crippen molar-refractivity contribution >= 4 is 26.3 Å². The zero-order chi connectivity index (χ0) is 11.7. The molecule has 1 rings (SSSR count). The van der Waals surface area contributed by atoms with Crippen LogP contribution in [0.1, 0.15) is 6.42 Å². The van der Waals surface area contributed by atoms with Crippen LogP contribution in [0.25, 0.3) is 0 Å². The monoisotopic (exact) mass is 252 g/mol. The van der Waals surface area contributed by atoms with Gasteiger partial charge in [0.05, 0.1) is 12.5 Å². The Bertz CT molecular complexity index is 457. The zero-order valence-electron chi connectivity index (χ0n) is 8.36. The first-order valence-corrected chi connectivity index (χ1v) is 7.80. The maximum Gasteiger partial charge on any atom is 0.226 e. The molecule has 0 aromatic carbocycles. The first-order valence-electron chi connectivity index (χ1n) is 4.11. The Morgan fingerprint density at radius 3 is 2.07 bits per heavy atom. The molecule has 0 aromatic rings. The third kappa shape index (κ3) is 3.11. The predicted molar refractivity (Wildman–Crippen MR) is 57.6 cm³/mol. The fraction of sp³-hybridized carbons (Fsp3) is 0.571. The van der Waals surface area contributed by atoms with E-state index >= 15 is 0 Å². The van der Waals surface area contributed by atoms with Gasteiger partial charge in [-0.15, -0.1) is 0 Å². The first-order chi connectivity index (χ1) is 6.73.